The molecule has 3 atom stereocenters. The molecule has 0 bridgehead atoms. The van der Waals surface area contributed by atoms with E-state index in [2.05, 4.69) is 23.2 Å². The predicted octanol–water partition coefficient (Wildman–Crippen LogP) is 3.87. The molecular formula is C22H28N2O2. The molecule has 2 aliphatic carbocycles. The first kappa shape index (κ1) is 17.3. The number of ether oxygens (including phenoxy) is 2. The molecule has 1 aromatic carbocycles. The maximum Gasteiger partial charge on any atom is 0.141 e. The summed E-state index contributed by atoms with van der Waals surface area (Å²) in [5, 5.41) is 0. The van der Waals surface area contributed by atoms with Crippen molar-refractivity contribution in [2.45, 2.75) is 50.5 Å². The zero-order chi connectivity index (χ0) is 17.9. The topological polar surface area (TPSA) is 57.4 Å². The van der Waals surface area contributed by atoms with Crippen LogP contribution in [0.25, 0.3) is 0 Å². The molecule has 4 rings (SSSR count). The third-order valence-corrected chi connectivity index (χ3v) is 5.91. The Morgan fingerprint density at radius 2 is 1.96 bits per heavy atom. The highest BCUT2D eigenvalue weighted by Gasteiger charge is 2.25. The number of rotatable bonds is 5. The third-order valence-electron chi connectivity index (χ3n) is 5.91. The lowest BCUT2D eigenvalue weighted by molar-refractivity contribution is 0.232. The van der Waals surface area contributed by atoms with Crippen LogP contribution >= 0.6 is 0 Å². The zero-order valence-electron chi connectivity index (χ0n) is 15.5. The molecule has 26 heavy (non-hydrogen) atoms. The second-order valence-corrected chi connectivity index (χ2v) is 7.78. The van der Waals surface area contributed by atoms with Crippen LogP contribution in [0.2, 0.25) is 0 Å². The van der Waals surface area contributed by atoms with Crippen LogP contribution in [0, 0.1) is 5.92 Å². The van der Waals surface area contributed by atoms with E-state index in [1.54, 1.807) is 19.5 Å². The molecule has 0 spiro atoms. The van der Waals surface area contributed by atoms with Gasteiger partial charge in [0.25, 0.3) is 0 Å². The number of nitrogens with zero attached hydrogens (tertiary/aromatic N) is 1. The monoisotopic (exact) mass is 352 g/mol. The highest BCUT2D eigenvalue weighted by Crippen LogP contribution is 2.36. The first-order valence-electron chi connectivity index (χ1n) is 9.70. The lowest BCUT2D eigenvalue weighted by atomic mass is 9.82. The van der Waals surface area contributed by atoms with Crippen molar-refractivity contribution in [3.63, 3.8) is 0 Å². The SMILES string of the molecule is COc1cncc(OC[C@H]2CCc3cc(C4CCC(N)C4)ccc3C2)c1. The van der Waals surface area contributed by atoms with Crippen LogP contribution in [0.1, 0.15) is 48.3 Å². The van der Waals surface area contributed by atoms with Gasteiger partial charge in [0.2, 0.25) is 0 Å². The Bertz CT molecular complexity index is 762. The summed E-state index contributed by atoms with van der Waals surface area (Å²) in [5.41, 5.74) is 10.6. The second kappa shape index (κ2) is 7.67. The summed E-state index contributed by atoms with van der Waals surface area (Å²) in [5.74, 6) is 2.73. The van der Waals surface area contributed by atoms with Crippen LogP contribution < -0.4 is 15.2 Å². The minimum atomic E-state index is 0.392. The Hall–Kier alpha value is -2.07. The van der Waals surface area contributed by atoms with Crippen molar-refractivity contribution in [2.24, 2.45) is 11.7 Å². The Kier molecular flexibility index (Phi) is 5.11. The van der Waals surface area contributed by atoms with Gasteiger partial charge in [-0.25, -0.2) is 0 Å². The maximum atomic E-state index is 6.09. The van der Waals surface area contributed by atoms with Gasteiger partial charge in [0.05, 0.1) is 26.1 Å². The van der Waals surface area contributed by atoms with E-state index in [4.69, 9.17) is 15.2 Å². The molecule has 1 saturated carbocycles. The average Bonchev–Trinajstić information content (AvgIpc) is 3.12. The lowest BCUT2D eigenvalue weighted by Crippen LogP contribution is -2.21. The molecule has 2 N–H and O–H groups in total. The molecule has 1 fully saturated rings. The summed E-state index contributed by atoms with van der Waals surface area (Å²) in [7, 11) is 1.65. The normalized spacial score (nSPS) is 24.9. The molecule has 138 valence electrons. The second-order valence-electron chi connectivity index (χ2n) is 7.78. The molecule has 0 saturated heterocycles. The van der Waals surface area contributed by atoms with Crippen molar-refractivity contribution in [1.82, 2.24) is 4.98 Å². The summed E-state index contributed by atoms with van der Waals surface area (Å²) in [6.45, 7) is 0.730. The molecule has 1 aromatic heterocycles. The highest BCUT2D eigenvalue weighted by molar-refractivity contribution is 5.36. The van der Waals surface area contributed by atoms with E-state index >= 15 is 0 Å². The minimum absolute atomic E-state index is 0.392. The van der Waals surface area contributed by atoms with Crippen LogP contribution in [0.3, 0.4) is 0 Å². The number of aromatic nitrogens is 1. The number of aryl methyl sites for hydroxylation is 1. The van der Waals surface area contributed by atoms with Crippen LogP contribution in [0.15, 0.2) is 36.7 Å². The molecule has 4 nitrogen and oxygen atoms in total. The fraction of sp³-hybridized carbons (Fsp3) is 0.500. The molecule has 2 aromatic rings. The van der Waals surface area contributed by atoms with Gasteiger partial charge < -0.3 is 15.2 Å². The van der Waals surface area contributed by atoms with Crippen molar-refractivity contribution in [3.05, 3.63) is 53.3 Å². The van der Waals surface area contributed by atoms with Gasteiger partial charge in [-0.05, 0) is 67.1 Å². The molecule has 2 aliphatic rings. The van der Waals surface area contributed by atoms with Gasteiger partial charge in [-0.3, -0.25) is 4.98 Å². The summed E-state index contributed by atoms with van der Waals surface area (Å²) < 4.78 is 11.2. The zero-order valence-corrected chi connectivity index (χ0v) is 15.5. The Morgan fingerprint density at radius 3 is 2.77 bits per heavy atom. The summed E-state index contributed by atoms with van der Waals surface area (Å²) in [6, 6.07) is 9.40. The van der Waals surface area contributed by atoms with Gasteiger partial charge in [-0.1, -0.05) is 18.2 Å². The summed E-state index contributed by atoms with van der Waals surface area (Å²) in [4.78, 5) is 4.15. The number of methoxy groups -OCH3 is 1. The predicted molar refractivity (Wildman–Crippen MR) is 103 cm³/mol. The van der Waals surface area contributed by atoms with E-state index in [-0.39, 0.29) is 0 Å². The van der Waals surface area contributed by atoms with Crippen molar-refractivity contribution in [3.8, 4) is 11.5 Å². The van der Waals surface area contributed by atoms with Gasteiger partial charge >= 0.3 is 0 Å². The summed E-state index contributed by atoms with van der Waals surface area (Å²) in [6.07, 6.45) is 10.4. The number of hydrogen-bond acceptors (Lipinski definition) is 4. The molecule has 0 amide bonds. The van der Waals surface area contributed by atoms with Gasteiger partial charge in [0.1, 0.15) is 11.5 Å². The number of nitrogens with two attached hydrogens (primary N) is 1. The number of hydrogen-bond donors (Lipinski definition) is 1. The molecule has 4 heteroatoms. The van der Waals surface area contributed by atoms with Crippen LogP contribution in [-0.4, -0.2) is 24.7 Å². The van der Waals surface area contributed by atoms with Gasteiger partial charge in [-0.2, -0.15) is 0 Å². The number of benzene rings is 1. The lowest BCUT2D eigenvalue weighted by Gasteiger charge is -2.26. The Balaban J connectivity index is 1.37. The first-order valence-corrected chi connectivity index (χ1v) is 9.70. The highest BCUT2D eigenvalue weighted by atomic mass is 16.5. The quantitative estimate of drug-likeness (QED) is 0.887. The van der Waals surface area contributed by atoms with Crippen molar-refractivity contribution in [2.75, 3.05) is 13.7 Å². The fourth-order valence-corrected chi connectivity index (χ4v) is 4.37. The minimum Gasteiger partial charge on any atom is -0.495 e. The van der Waals surface area contributed by atoms with Crippen molar-refractivity contribution < 1.29 is 9.47 Å². The smallest absolute Gasteiger partial charge is 0.141 e. The third kappa shape index (κ3) is 3.85. The Labute approximate surface area is 155 Å². The van der Waals surface area contributed by atoms with Gasteiger partial charge in [0.15, 0.2) is 0 Å². The largest absolute Gasteiger partial charge is 0.495 e. The van der Waals surface area contributed by atoms with E-state index in [0.29, 0.717) is 17.9 Å². The van der Waals surface area contributed by atoms with E-state index in [1.165, 1.54) is 36.0 Å². The van der Waals surface area contributed by atoms with E-state index in [1.807, 2.05) is 6.07 Å². The molecular weight excluding hydrogens is 324 g/mol. The number of pyridine rings is 1. The molecule has 0 aliphatic heterocycles. The van der Waals surface area contributed by atoms with Gasteiger partial charge in [0, 0.05) is 12.1 Å². The van der Waals surface area contributed by atoms with E-state index in [0.717, 1.165) is 37.4 Å². The van der Waals surface area contributed by atoms with Crippen molar-refractivity contribution in [1.29, 1.82) is 0 Å². The maximum absolute atomic E-state index is 6.09. The van der Waals surface area contributed by atoms with E-state index in [9.17, 15) is 0 Å². The standard InChI is InChI=1S/C22H28N2O2/c1-25-21-11-22(13-24-12-21)26-14-15-2-3-17-9-18(5-4-16(17)8-15)19-6-7-20(23)10-19/h4-5,9,11-13,15,19-20H,2-3,6-8,10,14,23H2,1H3/t15-,19?,20?/m0/s1. The molecule has 1 heterocycles. The molecule has 2 unspecified atom stereocenters. The Morgan fingerprint density at radius 1 is 1.08 bits per heavy atom. The average molecular weight is 352 g/mol. The van der Waals surface area contributed by atoms with Crippen molar-refractivity contribution >= 4 is 0 Å². The number of fused-ring (bicyclic) bond motifs is 1. The van der Waals surface area contributed by atoms with E-state index < -0.39 is 0 Å². The van der Waals surface area contributed by atoms with Crippen LogP contribution in [-0.2, 0) is 12.8 Å². The van der Waals surface area contributed by atoms with Crippen LogP contribution in [0.4, 0.5) is 0 Å². The fourth-order valence-electron chi connectivity index (χ4n) is 4.37. The van der Waals surface area contributed by atoms with Gasteiger partial charge in [-0.15, -0.1) is 0 Å². The first-order chi connectivity index (χ1) is 12.7. The molecule has 0 radical (unpaired) electrons. The van der Waals surface area contributed by atoms with Crippen LogP contribution in [0.5, 0.6) is 11.5 Å². The summed E-state index contributed by atoms with van der Waals surface area (Å²) >= 11 is 0.